The molecule has 0 aliphatic carbocycles. The van der Waals surface area contributed by atoms with Crippen LogP contribution < -0.4 is 5.73 Å². The summed E-state index contributed by atoms with van der Waals surface area (Å²) in [4.78, 5) is 6.59. The summed E-state index contributed by atoms with van der Waals surface area (Å²) in [6.45, 7) is 10.8. The summed E-state index contributed by atoms with van der Waals surface area (Å²) in [5.41, 5.74) is 6.37. The lowest BCUT2D eigenvalue weighted by atomic mass is 9.87. The first kappa shape index (κ1) is 11.3. The largest absolute Gasteiger partial charge is 0.370 e. The molecule has 0 amide bonds. The molecule has 1 rings (SSSR count). The molecule has 0 radical (unpaired) electrons. The van der Waals surface area contributed by atoms with Crippen LogP contribution in [0.15, 0.2) is 4.99 Å². The van der Waals surface area contributed by atoms with Gasteiger partial charge in [0.25, 0.3) is 0 Å². The maximum Gasteiger partial charge on any atom is 0.191 e. The van der Waals surface area contributed by atoms with Crippen LogP contribution in [-0.2, 0) is 0 Å². The molecule has 0 saturated carbocycles. The van der Waals surface area contributed by atoms with Crippen LogP contribution in [0.2, 0.25) is 0 Å². The minimum atomic E-state index is 0.295. The van der Waals surface area contributed by atoms with E-state index in [-0.39, 0.29) is 0 Å². The summed E-state index contributed by atoms with van der Waals surface area (Å²) in [6, 6.07) is 0.295. The smallest absolute Gasteiger partial charge is 0.191 e. The first-order chi connectivity index (χ1) is 6.47. The number of rotatable bonds is 2. The molecule has 2 N–H and O–H groups in total. The van der Waals surface area contributed by atoms with Crippen LogP contribution in [-0.4, -0.2) is 30.0 Å². The van der Waals surface area contributed by atoms with E-state index in [1.54, 1.807) is 0 Å². The van der Waals surface area contributed by atoms with E-state index in [1.807, 2.05) is 0 Å². The monoisotopic (exact) mass is 197 g/mol. The van der Waals surface area contributed by atoms with E-state index >= 15 is 0 Å². The molecule has 1 atom stereocenters. The highest BCUT2D eigenvalue weighted by molar-refractivity contribution is 5.78. The third kappa shape index (κ3) is 2.63. The van der Waals surface area contributed by atoms with Crippen molar-refractivity contribution in [2.24, 2.45) is 16.1 Å². The summed E-state index contributed by atoms with van der Waals surface area (Å²) in [5.74, 6) is 0.720. The number of nitrogens with zero attached hydrogens (tertiary/aromatic N) is 2. The molecular formula is C11H23N3. The molecule has 0 aromatic carbocycles. The van der Waals surface area contributed by atoms with E-state index in [2.05, 4.69) is 37.6 Å². The second-order valence-corrected chi connectivity index (χ2v) is 4.92. The maximum absolute atomic E-state index is 5.93. The van der Waals surface area contributed by atoms with Gasteiger partial charge >= 0.3 is 0 Å². The lowest BCUT2D eigenvalue weighted by molar-refractivity contribution is 0.323. The average molecular weight is 197 g/mol. The van der Waals surface area contributed by atoms with Crippen molar-refractivity contribution in [3.63, 3.8) is 0 Å². The van der Waals surface area contributed by atoms with E-state index in [1.165, 1.54) is 12.8 Å². The third-order valence-electron chi connectivity index (χ3n) is 3.13. The fourth-order valence-corrected chi connectivity index (χ4v) is 1.85. The van der Waals surface area contributed by atoms with Crippen molar-refractivity contribution in [1.29, 1.82) is 0 Å². The highest BCUT2D eigenvalue weighted by Gasteiger charge is 2.32. The molecule has 0 bridgehead atoms. The molecule has 1 aliphatic rings. The van der Waals surface area contributed by atoms with Crippen molar-refractivity contribution in [1.82, 2.24) is 4.90 Å². The molecule has 3 heteroatoms. The second-order valence-electron chi connectivity index (χ2n) is 4.92. The Morgan fingerprint density at radius 2 is 2.21 bits per heavy atom. The van der Waals surface area contributed by atoms with Crippen molar-refractivity contribution >= 4 is 5.96 Å². The molecule has 1 heterocycles. The normalized spacial score (nSPS) is 28.9. The lowest BCUT2D eigenvalue weighted by Gasteiger charge is -2.23. The third-order valence-corrected chi connectivity index (χ3v) is 3.13. The van der Waals surface area contributed by atoms with Crippen molar-refractivity contribution in [3.05, 3.63) is 0 Å². The Morgan fingerprint density at radius 3 is 2.64 bits per heavy atom. The fourth-order valence-electron chi connectivity index (χ4n) is 1.85. The van der Waals surface area contributed by atoms with E-state index in [0.717, 1.165) is 19.0 Å². The van der Waals surface area contributed by atoms with Crippen LogP contribution in [0.1, 0.15) is 40.5 Å². The molecular weight excluding hydrogens is 174 g/mol. The van der Waals surface area contributed by atoms with E-state index < -0.39 is 0 Å². The van der Waals surface area contributed by atoms with Gasteiger partial charge in [-0.3, -0.25) is 4.99 Å². The Bertz CT molecular complexity index is 223. The summed E-state index contributed by atoms with van der Waals surface area (Å²) in [6.07, 6.45) is 2.45. The Morgan fingerprint density at radius 1 is 1.57 bits per heavy atom. The molecule has 0 aromatic heterocycles. The van der Waals surface area contributed by atoms with Crippen LogP contribution in [0.25, 0.3) is 0 Å². The molecule has 14 heavy (non-hydrogen) atoms. The summed E-state index contributed by atoms with van der Waals surface area (Å²) >= 11 is 0. The fraction of sp³-hybridized carbons (Fsp3) is 0.909. The standard InChI is InChI=1S/C11H23N3/c1-5-11(4)6-7-14(8-11)10(12)13-9(2)3/h9H,5-8H2,1-4H3,(H2,12,13). The van der Waals surface area contributed by atoms with Crippen LogP contribution in [0.3, 0.4) is 0 Å². The van der Waals surface area contributed by atoms with Crippen molar-refractivity contribution in [3.8, 4) is 0 Å². The lowest BCUT2D eigenvalue weighted by Crippen LogP contribution is -2.37. The van der Waals surface area contributed by atoms with Crippen molar-refractivity contribution in [2.45, 2.75) is 46.6 Å². The highest BCUT2D eigenvalue weighted by atomic mass is 15.3. The zero-order valence-corrected chi connectivity index (χ0v) is 9.88. The van der Waals surface area contributed by atoms with Gasteiger partial charge in [0.1, 0.15) is 0 Å². The van der Waals surface area contributed by atoms with E-state index in [9.17, 15) is 0 Å². The van der Waals surface area contributed by atoms with Gasteiger partial charge in [0.2, 0.25) is 0 Å². The molecule has 1 unspecified atom stereocenters. The minimum Gasteiger partial charge on any atom is -0.370 e. The quantitative estimate of drug-likeness (QED) is 0.542. The van der Waals surface area contributed by atoms with Gasteiger partial charge in [-0.1, -0.05) is 13.8 Å². The van der Waals surface area contributed by atoms with Crippen LogP contribution in [0.4, 0.5) is 0 Å². The predicted octanol–water partition coefficient (Wildman–Crippen LogP) is 1.83. The van der Waals surface area contributed by atoms with Gasteiger partial charge in [-0.2, -0.15) is 0 Å². The molecule has 3 nitrogen and oxygen atoms in total. The minimum absolute atomic E-state index is 0.295. The molecule has 0 aromatic rings. The number of likely N-dealkylation sites (tertiary alicyclic amines) is 1. The second kappa shape index (κ2) is 4.20. The van der Waals surface area contributed by atoms with E-state index in [0.29, 0.717) is 11.5 Å². The Kier molecular flexibility index (Phi) is 3.40. The van der Waals surface area contributed by atoms with Gasteiger partial charge in [-0.15, -0.1) is 0 Å². The highest BCUT2D eigenvalue weighted by Crippen LogP contribution is 2.32. The maximum atomic E-state index is 5.93. The Hall–Kier alpha value is -0.730. The van der Waals surface area contributed by atoms with Crippen molar-refractivity contribution < 1.29 is 0 Å². The number of aliphatic imine (C=N–C) groups is 1. The molecule has 1 fully saturated rings. The predicted molar refractivity (Wildman–Crippen MR) is 61.3 cm³/mol. The number of nitrogens with two attached hydrogens (primary N) is 1. The van der Waals surface area contributed by atoms with Crippen molar-refractivity contribution in [2.75, 3.05) is 13.1 Å². The Labute approximate surface area is 87.4 Å². The van der Waals surface area contributed by atoms with Crippen LogP contribution in [0.5, 0.6) is 0 Å². The topological polar surface area (TPSA) is 41.6 Å². The zero-order valence-electron chi connectivity index (χ0n) is 9.88. The molecule has 1 saturated heterocycles. The summed E-state index contributed by atoms with van der Waals surface area (Å²) in [7, 11) is 0. The number of hydrogen-bond donors (Lipinski definition) is 1. The van der Waals surface area contributed by atoms with Crippen LogP contribution >= 0.6 is 0 Å². The summed E-state index contributed by atoms with van der Waals surface area (Å²) < 4.78 is 0. The molecule has 1 aliphatic heterocycles. The van der Waals surface area contributed by atoms with Gasteiger partial charge in [-0.25, -0.2) is 0 Å². The average Bonchev–Trinajstić information content (AvgIpc) is 2.48. The van der Waals surface area contributed by atoms with Gasteiger partial charge in [0, 0.05) is 19.1 Å². The van der Waals surface area contributed by atoms with Gasteiger partial charge in [0.15, 0.2) is 5.96 Å². The first-order valence-electron chi connectivity index (χ1n) is 5.55. The van der Waals surface area contributed by atoms with Gasteiger partial charge in [-0.05, 0) is 32.1 Å². The first-order valence-corrected chi connectivity index (χ1v) is 5.55. The van der Waals surface area contributed by atoms with Gasteiger partial charge in [0.05, 0.1) is 0 Å². The number of guanidine groups is 1. The SMILES string of the molecule is CCC1(C)CCN(C(N)=NC(C)C)C1. The zero-order chi connectivity index (χ0) is 10.8. The molecule has 82 valence electrons. The summed E-state index contributed by atoms with van der Waals surface area (Å²) in [5, 5.41) is 0. The number of hydrogen-bond acceptors (Lipinski definition) is 1. The van der Waals surface area contributed by atoms with Gasteiger partial charge < -0.3 is 10.6 Å². The Balaban J connectivity index is 2.58. The molecule has 0 spiro atoms. The van der Waals surface area contributed by atoms with Crippen LogP contribution in [0, 0.1) is 5.41 Å². The van der Waals surface area contributed by atoms with E-state index in [4.69, 9.17) is 5.73 Å².